The molecule has 0 aromatic heterocycles. The van der Waals surface area contributed by atoms with Crippen molar-refractivity contribution in [3.05, 3.63) is 65.2 Å². The third-order valence-corrected chi connectivity index (χ3v) is 5.86. The topological polar surface area (TPSA) is 64.7 Å². The molecule has 0 bridgehead atoms. The molecule has 6 heteroatoms. The Hall–Kier alpha value is -2.86. The second-order valence-corrected chi connectivity index (χ2v) is 8.02. The highest BCUT2D eigenvalue weighted by Gasteiger charge is 2.35. The fourth-order valence-corrected chi connectivity index (χ4v) is 4.34. The summed E-state index contributed by atoms with van der Waals surface area (Å²) in [5, 5.41) is 6.50. The number of carbonyl (C=O) groups excluding carboxylic acids is 2. The molecule has 4 rings (SSSR count). The first-order chi connectivity index (χ1) is 14.7. The van der Waals surface area contributed by atoms with Crippen LogP contribution in [-0.2, 0) is 0 Å². The van der Waals surface area contributed by atoms with E-state index < -0.39 is 0 Å². The van der Waals surface area contributed by atoms with Gasteiger partial charge in [0.1, 0.15) is 6.17 Å². The lowest BCUT2D eigenvalue weighted by atomic mass is 10.1. The van der Waals surface area contributed by atoms with Crippen LogP contribution in [0.25, 0.3) is 0 Å². The first-order valence-electron chi connectivity index (χ1n) is 10.9. The Kier molecular flexibility index (Phi) is 6.33. The second kappa shape index (κ2) is 9.30. The van der Waals surface area contributed by atoms with E-state index in [-0.39, 0.29) is 18.0 Å². The van der Waals surface area contributed by atoms with E-state index in [0.717, 1.165) is 42.9 Å². The summed E-state index contributed by atoms with van der Waals surface area (Å²) in [4.78, 5) is 29.7. The first-order valence-corrected chi connectivity index (χ1v) is 10.9. The van der Waals surface area contributed by atoms with E-state index in [1.54, 1.807) is 0 Å². The van der Waals surface area contributed by atoms with Crippen LogP contribution in [0.5, 0.6) is 0 Å². The van der Waals surface area contributed by atoms with E-state index in [4.69, 9.17) is 0 Å². The lowest BCUT2D eigenvalue weighted by molar-refractivity contribution is 0.0742. The lowest BCUT2D eigenvalue weighted by Gasteiger charge is -2.27. The van der Waals surface area contributed by atoms with Crippen LogP contribution in [-0.4, -0.2) is 54.3 Å². The van der Waals surface area contributed by atoms with Gasteiger partial charge in [-0.25, -0.2) is 0 Å². The highest BCUT2D eigenvalue weighted by Crippen LogP contribution is 2.34. The van der Waals surface area contributed by atoms with Gasteiger partial charge in [-0.15, -0.1) is 0 Å². The molecule has 0 radical (unpaired) electrons. The molecule has 158 valence electrons. The molecule has 2 heterocycles. The molecule has 2 amide bonds. The van der Waals surface area contributed by atoms with Crippen molar-refractivity contribution in [3.63, 3.8) is 0 Å². The zero-order valence-corrected chi connectivity index (χ0v) is 17.6. The minimum atomic E-state index is -0.220. The Bertz CT molecular complexity index is 908. The molecule has 6 nitrogen and oxygen atoms in total. The molecule has 2 aromatic rings. The van der Waals surface area contributed by atoms with Crippen LogP contribution < -0.4 is 10.6 Å². The van der Waals surface area contributed by atoms with E-state index in [1.165, 1.54) is 12.8 Å². The molecule has 0 spiro atoms. The third kappa shape index (κ3) is 4.33. The minimum Gasteiger partial charge on any atom is -0.361 e. The molecule has 1 atom stereocenters. The van der Waals surface area contributed by atoms with Crippen LogP contribution in [0.1, 0.15) is 58.6 Å². The molecular weight excluding hydrogens is 376 g/mol. The molecule has 0 unspecified atom stereocenters. The fraction of sp³-hybridized carbons (Fsp3) is 0.417. The highest BCUT2D eigenvalue weighted by molar-refractivity contribution is 5.99. The van der Waals surface area contributed by atoms with Crippen molar-refractivity contribution in [1.29, 1.82) is 0 Å². The number of hydrogen-bond donors (Lipinski definition) is 2. The molecule has 2 aromatic carbocycles. The molecule has 1 saturated heterocycles. The fourth-order valence-electron chi connectivity index (χ4n) is 4.34. The predicted molar refractivity (Wildman–Crippen MR) is 119 cm³/mol. The molecule has 0 saturated carbocycles. The number of amides is 2. The number of benzene rings is 2. The molecule has 30 heavy (non-hydrogen) atoms. The molecule has 1 fully saturated rings. The number of carbonyl (C=O) groups is 2. The van der Waals surface area contributed by atoms with Crippen molar-refractivity contribution < 1.29 is 9.59 Å². The molecule has 2 aliphatic rings. The first kappa shape index (κ1) is 20.4. The summed E-state index contributed by atoms with van der Waals surface area (Å²) in [7, 11) is 0. The van der Waals surface area contributed by atoms with Gasteiger partial charge < -0.3 is 20.4 Å². The summed E-state index contributed by atoms with van der Waals surface area (Å²) >= 11 is 0. The number of fused-ring (bicyclic) bond motifs is 1. The van der Waals surface area contributed by atoms with Gasteiger partial charge in [0, 0.05) is 42.0 Å². The van der Waals surface area contributed by atoms with Crippen LogP contribution in [0.3, 0.4) is 0 Å². The minimum absolute atomic E-state index is 0.0563. The SMILES string of the molecule is CCCN1C(=O)c2ccccc2[C@@H]1Nc1cccc(C(=O)NCCN2CCCC2)c1. The number of hydrogen-bond acceptors (Lipinski definition) is 4. The number of nitrogens with one attached hydrogen (secondary N) is 2. The number of anilines is 1. The van der Waals surface area contributed by atoms with Gasteiger partial charge in [-0.05, 0) is 56.6 Å². The number of rotatable bonds is 8. The highest BCUT2D eigenvalue weighted by atomic mass is 16.2. The predicted octanol–water partition coefficient (Wildman–Crippen LogP) is 3.49. The summed E-state index contributed by atoms with van der Waals surface area (Å²) in [6.07, 6.45) is 3.17. The van der Waals surface area contributed by atoms with Crippen LogP contribution in [0, 0.1) is 0 Å². The monoisotopic (exact) mass is 406 g/mol. The summed E-state index contributed by atoms with van der Waals surface area (Å²) < 4.78 is 0. The normalized spacial score (nSPS) is 18.5. The Morgan fingerprint density at radius 2 is 1.87 bits per heavy atom. The van der Waals surface area contributed by atoms with Gasteiger partial charge in [-0.2, -0.15) is 0 Å². The van der Waals surface area contributed by atoms with Gasteiger partial charge >= 0.3 is 0 Å². The van der Waals surface area contributed by atoms with Gasteiger partial charge in [-0.1, -0.05) is 31.2 Å². The maximum Gasteiger partial charge on any atom is 0.256 e. The van der Waals surface area contributed by atoms with Crippen molar-refractivity contribution in [1.82, 2.24) is 15.1 Å². The Balaban J connectivity index is 1.44. The van der Waals surface area contributed by atoms with Crippen LogP contribution in [0.2, 0.25) is 0 Å². The van der Waals surface area contributed by atoms with Crippen molar-refractivity contribution in [2.24, 2.45) is 0 Å². The Labute approximate surface area is 178 Å². The van der Waals surface area contributed by atoms with Crippen molar-refractivity contribution in [2.75, 3.05) is 38.0 Å². The van der Waals surface area contributed by atoms with Gasteiger partial charge in [0.15, 0.2) is 0 Å². The van der Waals surface area contributed by atoms with Gasteiger partial charge in [0.25, 0.3) is 11.8 Å². The standard InChI is InChI=1S/C24H30N4O2/c1-2-13-28-22(20-10-3-4-11-21(20)24(28)30)26-19-9-7-8-18(17-19)23(29)25-12-16-27-14-5-6-15-27/h3-4,7-11,17,22,26H,2,5-6,12-16H2,1H3,(H,25,29)/t22-/m1/s1. The van der Waals surface area contributed by atoms with Crippen molar-refractivity contribution >= 4 is 17.5 Å². The summed E-state index contributed by atoms with van der Waals surface area (Å²) in [5.41, 5.74) is 3.19. The largest absolute Gasteiger partial charge is 0.361 e. The third-order valence-electron chi connectivity index (χ3n) is 5.86. The summed E-state index contributed by atoms with van der Waals surface area (Å²) in [6, 6.07) is 15.2. The maximum absolute atomic E-state index is 12.8. The maximum atomic E-state index is 12.8. The number of likely N-dealkylation sites (tertiary alicyclic amines) is 1. The van der Waals surface area contributed by atoms with Gasteiger partial charge in [0.2, 0.25) is 0 Å². The Morgan fingerprint density at radius 1 is 1.07 bits per heavy atom. The Morgan fingerprint density at radius 3 is 2.67 bits per heavy atom. The van der Waals surface area contributed by atoms with E-state index in [1.807, 2.05) is 53.4 Å². The summed E-state index contributed by atoms with van der Waals surface area (Å²) in [6.45, 7) is 6.57. The average molecular weight is 407 g/mol. The smallest absolute Gasteiger partial charge is 0.256 e. The zero-order chi connectivity index (χ0) is 20.9. The summed E-state index contributed by atoms with van der Waals surface area (Å²) in [5.74, 6) is -0.00748. The molecule has 2 aliphatic heterocycles. The van der Waals surface area contributed by atoms with E-state index in [9.17, 15) is 9.59 Å². The molecular formula is C24H30N4O2. The lowest BCUT2D eigenvalue weighted by Crippen LogP contribution is -2.34. The van der Waals surface area contributed by atoms with Crippen LogP contribution in [0.4, 0.5) is 5.69 Å². The molecule has 2 N–H and O–H groups in total. The van der Waals surface area contributed by atoms with E-state index in [0.29, 0.717) is 18.7 Å². The van der Waals surface area contributed by atoms with E-state index in [2.05, 4.69) is 22.5 Å². The van der Waals surface area contributed by atoms with Crippen molar-refractivity contribution in [3.8, 4) is 0 Å². The van der Waals surface area contributed by atoms with Crippen LogP contribution >= 0.6 is 0 Å². The van der Waals surface area contributed by atoms with Crippen molar-refractivity contribution in [2.45, 2.75) is 32.4 Å². The van der Waals surface area contributed by atoms with E-state index >= 15 is 0 Å². The van der Waals surface area contributed by atoms with Gasteiger partial charge in [0.05, 0.1) is 0 Å². The zero-order valence-electron chi connectivity index (χ0n) is 17.6. The van der Waals surface area contributed by atoms with Gasteiger partial charge in [-0.3, -0.25) is 9.59 Å². The second-order valence-electron chi connectivity index (χ2n) is 8.02. The average Bonchev–Trinajstić information content (AvgIpc) is 3.37. The molecule has 0 aliphatic carbocycles. The number of nitrogens with zero attached hydrogens (tertiary/aromatic N) is 2. The quantitative estimate of drug-likeness (QED) is 0.704. The van der Waals surface area contributed by atoms with Crippen LogP contribution in [0.15, 0.2) is 48.5 Å².